The number of aromatic amines is 1. The van der Waals surface area contributed by atoms with Gasteiger partial charge in [0, 0.05) is 35.3 Å². The molecule has 22 heavy (non-hydrogen) atoms. The Kier molecular flexibility index (Phi) is 3.18. The van der Waals surface area contributed by atoms with Crippen molar-refractivity contribution in [1.82, 2.24) is 15.2 Å². The van der Waals surface area contributed by atoms with E-state index in [4.69, 9.17) is 5.41 Å². The number of hydrogen-bond donors (Lipinski definition) is 3. The Morgan fingerprint density at radius 3 is 2.86 bits per heavy atom. The Bertz CT molecular complexity index is 819. The van der Waals surface area contributed by atoms with Gasteiger partial charge in [-0.15, -0.1) is 5.92 Å². The Hall–Kier alpha value is -2.74. The van der Waals surface area contributed by atoms with E-state index in [2.05, 4.69) is 22.1 Å². The van der Waals surface area contributed by atoms with Crippen molar-refractivity contribution >= 4 is 22.8 Å². The van der Waals surface area contributed by atoms with Crippen LogP contribution in [0.5, 0.6) is 0 Å². The van der Waals surface area contributed by atoms with Crippen molar-refractivity contribution in [2.45, 2.75) is 25.8 Å². The number of amides is 1. The van der Waals surface area contributed by atoms with Gasteiger partial charge in [0.25, 0.3) is 0 Å². The van der Waals surface area contributed by atoms with Gasteiger partial charge in [-0.25, -0.2) is 0 Å². The molecule has 0 aliphatic carbocycles. The average Bonchev–Trinajstić information content (AvgIpc) is 2.89. The van der Waals surface area contributed by atoms with Crippen molar-refractivity contribution in [1.29, 1.82) is 5.41 Å². The van der Waals surface area contributed by atoms with Gasteiger partial charge in [-0.05, 0) is 32.0 Å². The van der Waals surface area contributed by atoms with E-state index in [9.17, 15) is 4.79 Å². The Morgan fingerprint density at radius 2 is 2.18 bits per heavy atom. The van der Waals surface area contributed by atoms with Gasteiger partial charge in [-0.3, -0.25) is 15.1 Å². The molecule has 1 aromatic carbocycles. The molecule has 0 saturated carbocycles. The van der Waals surface area contributed by atoms with E-state index in [0.29, 0.717) is 6.42 Å². The summed E-state index contributed by atoms with van der Waals surface area (Å²) in [7, 11) is 1.61. The fourth-order valence-corrected chi connectivity index (χ4v) is 2.90. The van der Waals surface area contributed by atoms with Gasteiger partial charge in [0.1, 0.15) is 0 Å². The third-order valence-electron chi connectivity index (χ3n) is 4.15. The van der Waals surface area contributed by atoms with E-state index >= 15 is 0 Å². The highest BCUT2D eigenvalue weighted by Crippen LogP contribution is 2.34. The van der Waals surface area contributed by atoms with Gasteiger partial charge < -0.3 is 10.3 Å². The number of H-pyrrole nitrogens is 1. The number of nitrogens with zero attached hydrogens (tertiary/aromatic N) is 1. The van der Waals surface area contributed by atoms with Crippen LogP contribution in [0.2, 0.25) is 0 Å². The molecule has 112 valence electrons. The van der Waals surface area contributed by atoms with Crippen LogP contribution in [0, 0.1) is 17.3 Å². The predicted molar refractivity (Wildman–Crippen MR) is 86.5 cm³/mol. The number of fused-ring (bicyclic) bond motifs is 1. The molecule has 2 aromatic rings. The van der Waals surface area contributed by atoms with Crippen molar-refractivity contribution in [2.24, 2.45) is 0 Å². The van der Waals surface area contributed by atoms with Crippen LogP contribution >= 0.6 is 0 Å². The summed E-state index contributed by atoms with van der Waals surface area (Å²) in [5.74, 6) is 6.01. The van der Waals surface area contributed by atoms with Crippen molar-refractivity contribution in [3.05, 3.63) is 35.5 Å². The fraction of sp³-hybridized carbons (Fsp3) is 0.294. The molecular formula is C17H18N4O. The molecule has 1 amide bonds. The molecule has 3 rings (SSSR count). The van der Waals surface area contributed by atoms with Crippen molar-refractivity contribution < 1.29 is 4.79 Å². The molecule has 0 radical (unpaired) electrons. The Balaban J connectivity index is 2.12. The number of aromatic nitrogens is 1. The van der Waals surface area contributed by atoms with E-state index < -0.39 is 5.54 Å². The SMILES string of the molecule is CC#Cc1ccc2[nH]cc(C3(C)CC(=O)N(C)C(=N)N3)c2c1. The first-order chi connectivity index (χ1) is 10.4. The lowest BCUT2D eigenvalue weighted by Crippen LogP contribution is -2.58. The van der Waals surface area contributed by atoms with E-state index in [1.165, 1.54) is 4.90 Å². The minimum absolute atomic E-state index is 0.0647. The first kappa shape index (κ1) is 14.2. The lowest BCUT2D eigenvalue weighted by atomic mass is 9.86. The second kappa shape index (κ2) is 4.92. The summed E-state index contributed by atoms with van der Waals surface area (Å²) in [6.45, 7) is 3.76. The topological polar surface area (TPSA) is 72.0 Å². The summed E-state index contributed by atoms with van der Waals surface area (Å²) in [5.41, 5.74) is 2.32. The molecule has 1 atom stereocenters. The average molecular weight is 294 g/mol. The second-order valence-electron chi connectivity index (χ2n) is 5.77. The zero-order valence-corrected chi connectivity index (χ0v) is 12.9. The van der Waals surface area contributed by atoms with Gasteiger partial charge >= 0.3 is 0 Å². The van der Waals surface area contributed by atoms with Crippen LogP contribution in [-0.4, -0.2) is 28.8 Å². The minimum atomic E-state index is -0.600. The Labute approximate surface area is 129 Å². The summed E-state index contributed by atoms with van der Waals surface area (Å²) in [6.07, 6.45) is 2.22. The normalized spacial score (nSPS) is 21.5. The zero-order valence-electron chi connectivity index (χ0n) is 12.9. The number of nitrogens with one attached hydrogen (secondary N) is 3. The molecule has 1 aromatic heterocycles. The summed E-state index contributed by atoms with van der Waals surface area (Å²) >= 11 is 0. The zero-order chi connectivity index (χ0) is 15.9. The maximum Gasteiger partial charge on any atom is 0.231 e. The largest absolute Gasteiger partial charge is 0.361 e. The monoisotopic (exact) mass is 294 g/mol. The molecule has 1 aliphatic rings. The molecule has 1 saturated heterocycles. The highest BCUT2D eigenvalue weighted by atomic mass is 16.2. The Morgan fingerprint density at radius 1 is 1.41 bits per heavy atom. The molecule has 2 heterocycles. The van der Waals surface area contributed by atoms with Crippen molar-refractivity contribution in [3.8, 4) is 11.8 Å². The fourth-order valence-electron chi connectivity index (χ4n) is 2.90. The second-order valence-corrected chi connectivity index (χ2v) is 5.77. The first-order valence-corrected chi connectivity index (χ1v) is 7.12. The molecular weight excluding hydrogens is 276 g/mol. The lowest BCUT2D eigenvalue weighted by Gasteiger charge is -2.39. The summed E-state index contributed by atoms with van der Waals surface area (Å²) in [4.78, 5) is 16.7. The van der Waals surface area contributed by atoms with Crippen LogP contribution in [0.3, 0.4) is 0 Å². The minimum Gasteiger partial charge on any atom is -0.361 e. The van der Waals surface area contributed by atoms with Gasteiger partial charge in [0.05, 0.1) is 12.0 Å². The number of hydrogen-bond acceptors (Lipinski definition) is 2. The molecule has 1 unspecified atom stereocenters. The first-order valence-electron chi connectivity index (χ1n) is 7.12. The molecule has 1 fully saturated rings. The van der Waals surface area contributed by atoms with Crippen molar-refractivity contribution in [2.75, 3.05) is 7.05 Å². The molecule has 5 heteroatoms. The highest BCUT2D eigenvalue weighted by Gasteiger charge is 2.39. The van der Waals surface area contributed by atoms with Crippen LogP contribution in [0.4, 0.5) is 0 Å². The number of carbonyl (C=O) groups excluding carboxylic acids is 1. The number of guanidine groups is 1. The smallest absolute Gasteiger partial charge is 0.231 e. The quantitative estimate of drug-likeness (QED) is 0.705. The molecule has 0 bridgehead atoms. The molecule has 5 nitrogen and oxygen atoms in total. The van der Waals surface area contributed by atoms with Crippen LogP contribution < -0.4 is 5.32 Å². The van der Waals surface area contributed by atoms with E-state index in [0.717, 1.165) is 22.0 Å². The molecule has 3 N–H and O–H groups in total. The lowest BCUT2D eigenvalue weighted by molar-refractivity contribution is -0.129. The third-order valence-corrected chi connectivity index (χ3v) is 4.15. The predicted octanol–water partition coefficient (Wildman–Crippen LogP) is 2.14. The van der Waals surface area contributed by atoms with Crippen LogP contribution in [-0.2, 0) is 10.3 Å². The van der Waals surface area contributed by atoms with Crippen LogP contribution in [0.1, 0.15) is 31.4 Å². The van der Waals surface area contributed by atoms with Crippen molar-refractivity contribution in [3.63, 3.8) is 0 Å². The van der Waals surface area contributed by atoms with Gasteiger partial charge in [0.2, 0.25) is 5.91 Å². The standard InChI is InChI=1S/C17H18N4O/c1-4-5-11-6-7-14-12(8-11)13(10-19-14)17(2)9-15(22)21(3)16(18)20-17/h6-8,10,19H,9H2,1-3H3,(H2,18,20). The maximum atomic E-state index is 12.1. The van der Waals surface area contributed by atoms with Gasteiger partial charge in [0.15, 0.2) is 5.96 Å². The van der Waals surface area contributed by atoms with Gasteiger partial charge in [-0.1, -0.05) is 5.92 Å². The van der Waals surface area contributed by atoms with E-state index in [1.807, 2.05) is 38.2 Å². The van der Waals surface area contributed by atoms with Gasteiger partial charge in [-0.2, -0.15) is 0 Å². The number of rotatable bonds is 1. The van der Waals surface area contributed by atoms with E-state index in [1.54, 1.807) is 7.05 Å². The summed E-state index contributed by atoms with van der Waals surface area (Å²) < 4.78 is 0. The number of benzene rings is 1. The van der Waals surface area contributed by atoms with Crippen LogP contribution in [0.15, 0.2) is 24.4 Å². The third kappa shape index (κ3) is 2.13. The summed E-state index contributed by atoms with van der Waals surface area (Å²) in [5, 5.41) is 12.1. The highest BCUT2D eigenvalue weighted by molar-refractivity contribution is 6.00. The van der Waals surface area contributed by atoms with E-state index in [-0.39, 0.29) is 11.9 Å². The van der Waals surface area contributed by atoms with Crippen LogP contribution in [0.25, 0.3) is 10.9 Å². The molecule has 0 spiro atoms. The molecule has 1 aliphatic heterocycles. The number of carbonyl (C=O) groups is 1. The summed E-state index contributed by atoms with van der Waals surface area (Å²) in [6, 6.07) is 5.98. The maximum absolute atomic E-state index is 12.1.